The molecule has 1 aromatic heterocycles. The number of hydrogen-bond acceptors (Lipinski definition) is 4. The summed E-state index contributed by atoms with van der Waals surface area (Å²) in [5.74, 6) is -1.09. The molecular formula is C20H20N4O2. The van der Waals surface area contributed by atoms with Crippen molar-refractivity contribution in [2.24, 2.45) is 10.2 Å². The lowest BCUT2D eigenvalue weighted by molar-refractivity contribution is 0.0698. The number of nitrogens with zero attached hydrogens (tertiary/aromatic N) is 3. The van der Waals surface area contributed by atoms with E-state index in [1.807, 2.05) is 24.3 Å². The third kappa shape index (κ3) is 3.09. The largest absolute Gasteiger partial charge is 0.478 e. The monoisotopic (exact) mass is 348 g/mol. The molecule has 0 saturated carbocycles. The zero-order valence-electron chi connectivity index (χ0n) is 14.9. The van der Waals surface area contributed by atoms with Crippen LogP contribution in [0.15, 0.2) is 58.8 Å². The number of azo groups is 1. The highest BCUT2D eigenvalue weighted by Crippen LogP contribution is 2.34. The minimum absolute atomic E-state index is 0.0341. The van der Waals surface area contributed by atoms with E-state index in [4.69, 9.17) is 5.73 Å². The molecule has 0 saturated heterocycles. The first-order valence-corrected chi connectivity index (χ1v) is 8.14. The van der Waals surface area contributed by atoms with Crippen LogP contribution in [0.3, 0.4) is 0 Å². The summed E-state index contributed by atoms with van der Waals surface area (Å²) in [5.41, 5.74) is 11.5. The average molecular weight is 348 g/mol. The van der Waals surface area contributed by atoms with Gasteiger partial charge in [-0.3, -0.25) is 0 Å². The van der Waals surface area contributed by atoms with Crippen LogP contribution in [0.4, 0.5) is 11.4 Å². The van der Waals surface area contributed by atoms with Crippen molar-refractivity contribution < 1.29 is 9.90 Å². The molecule has 6 heteroatoms. The molecule has 0 aliphatic carbocycles. The summed E-state index contributed by atoms with van der Waals surface area (Å²) in [6.45, 7) is 4.11. The molecule has 0 spiro atoms. The van der Waals surface area contributed by atoms with Crippen LogP contribution in [0, 0.1) is 13.8 Å². The van der Waals surface area contributed by atoms with E-state index in [9.17, 15) is 9.90 Å². The van der Waals surface area contributed by atoms with Gasteiger partial charge in [-0.15, -0.1) is 0 Å². The molecule has 0 amide bonds. The van der Waals surface area contributed by atoms with Crippen LogP contribution in [0.25, 0.3) is 16.8 Å². The molecule has 0 unspecified atom stereocenters. The van der Waals surface area contributed by atoms with Crippen LogP contribution in [-0.4, -0.2) is 22.7 Å². The molecule has 6 nitrogen and oxygen atoms in total. The fraction of sp³-hybridized carbons (Fsp3) is 0.150. The quantitative estimate of drug-likeness (QED) is 0.526. The highest BCUT2D eigenvalue weighted by Gasteiger charge is 2.16. The summed E-state index contributed by atoms with van der Waals surface area (Å²) in [5, 5.41) is 17.0. The predicted octanol–water partition coefficient (Wildman–Crippen LogP) is 4.76. The molecule has 3 N–H and O–H groups in total. The van der Waals surface area contributed by atoms with Gasteiger partial charge < -0.3 is 15.4 Å². The van der Waals surface area contributed by atoms with Crippen LogP contribution in [-0.2, 0) is 0 Å². The van der Waals surface area contributed by atoms with E-state index in [2.05, 4.69) is 40.8 Å². The number of aromatic carboxylic acids is 1. The number of anilines is 1. The van der Waals surface area contributed by atoms with Gasteiger partial charge in [0.1, 0.15) is 5.69 Å². The van der Waals surface area contributed by atoms with Gasteiger partial charge in [0.2, 0.25) is 0 Å². The second-order valence-electron chi connectivity index (χ2n) is 6.07. The second kappa shape index (κ2) is 6.84. The van der Waals surface area contributed by atoms with Crippen LogP contribution >= 0.6 is 0 Å². The summed E-state index contributed by atoms with van der Waals surface area (Å²) in [4.78, 5) is 11.6. The number of nitrogens with two attached hydrogens (primary N) is 1. The van der Waals surface area contributed by atoms with Gasteiger partial charge >= 0.3 is 5.97 Å². The highest BCUT2D eigenvalue weighted by atomic mass is 16.4. The van der Waals surface area contributed by atoms with Crippen LogP contribution in [0.5, 0.6) is 0 Å². The maximum atomic E-state index is 11.6. The number of hydrogen-bond donors (Lipinski definition) is 2. The molecule has 0 fully saturated rings. The van der Waals surface area contributed by atoms with Crippen molar-refractivity contribution in [1.29, 1.82) is 0 Å². The Morgan fingerprint density at radius 1 is 1.00 bits per heavy atom. The zero-order valence-corrected chi connectivity index (χ0v) is 14.9. The van der Waals surface area contributed by atoms with Crippen molar-refractivity contribution in [2.45, 2.75) is 13.8 Å². The third-order valence-electron chi connectivity index (χ3n) is 4.30. The Kier molecular flexibility index (Phi) is 4.58. The van der Waals surface area contributed by atoms with Gasteiger partial charge in [0.05, 0.1) is 11.3 Å². The van der Waals surface area contributed by atoms with E-state index in [0.717, 1.165) is 28.2 Å². The van der Waals surface area contributed by atoms with Crippen molar-refractivity contribution in [1.82, 2.24) is 4.57 Å². The van der Waals surface area contributed by atoms with Gasteiger partial charge in [-0.2, -0.15) is 10.2 Å². The average Bonchev–Trinajstić information content (AvgIpc) is 2.95. The number of carbonyl (C=O) groups is 1. The Hall–Kier alpha value is -3.41. The minimum atomic E-state index is -1.09. The maximum absolute atomic E-state index is 11.6. The van der Waals surface area contributed by atoms with Crippen LogP contribution < -0.4 is 5.73 Å². The Morgan fingerprint density at radius 3 is 2.15 bits per heavy atom. The first-order chi connectivity index (χ1) is 12.4. The SMILES string of the molecule is CN=Nc1c(N)cc(-c2ccc(-n3c(C)ccc3C)cc2)cc1C(=O)O. The summed E-state index contributed by atoms with van der Waals surface area (Å²) in [6, 6.07) is 15.4. The first-order valence-electron chi connectivity index (χ1n) is 8.14. The van der Waals surface area contributed by atoms with Gasteiger partial charge in [-0.25, -0.2) is 4.79 Å². The molecule has 26 heavy (non-hydrogen) atoms. The minimum Gasteiger partial charge on any atom is -0.478 e. The lowest BCUT2D eigenvalue weighted by atomic mass is 10.00. The number of carboxylic acids is 1. The van der Waals surface area contributed by atoms with Gasteiger partial charge in [-0.05, 0) is 61.4 Å². The van der Waals surface area contributed by atoms with Gasteiger partial charge in [0.15, 0.2) is 0 Å². The van der Waals surface area contributed by atoms with E-state index >= 15 is 0 Å². The first kappa shape index (κ1) is 17.4. The smallest absolute Gasteiger partial charge is 0.338 e. The Bertz CT molecular complexity index is 982. The molecule has 1 heterocycles. The van der Waals surface area contributed by atoms with Gasteiger partial charge in [-0.1, -0.05) is 12.1 Å². The fourth-order valence-electron chi connectivity index (χ4n) is 3.08. The zero-order chi connectivity index (χ0) is 18.8. The Labute approximate surface area is 151 Å². The molecule has 0 aliphatic rings. The molecule has 132 valence electrons. The lowest BCUT2D eigenvalue weighted by Crippen LogP contribution is -2.01. The third-order valence-corrected chi connectivity index (χ3v) is 4.30. The summed E-state index contributed by atoms with van der Waals surface area (Å²) >= 11 is 0. The molecule has 0 atom stereocenters. The summed E-state index contributed by atoms with van der Waals surface area (Å²) in [6.07, 6.45) is 0. The van der Waals surface area contributed by atoms with E-state index in [1.54, 1.807) is 12.1 Å². The highest BCUT2D eigenvalue weighted by molar-refractivity contribution is 5.98. The number of carboxylic acid groups (broad SMARTS) is 1. The predicted molar refractivity (Wildman–Crippen MR) is 102 cm³/mol. The molecule has 0 aliphatic heterocycles. The van der Waals surface area contributed by atoms with Crippen molar-refractivity contribution in [3.63, 3.8) is 0 Å². The van der Waals surface area contributed by atoms with E-state index in [1.165, 1.54) is 7.05 Å². The number of aromatic nitrogens is 1. The van der Waals surface area contributed by atoms with Crippen molar-refractivity contribution >= 4 is 17.3 Å². The summed E-state index contributed by atoms with van der Waals surface area (Å²) in [7, 11) is 1.48. The number of rotatable bonds is 4. The van der Waals surface area contributed by atoms with Crippen LogP contribution in [0.1, 0.15) is 21.7 Å². The van der Waals surface area contributed by atoms with Crippen molar-refractivity contribution in [2.75, 3.05) is 12.8 Å². The topological polar surface area (TPSA) is 93.0 Å². The molecule has 2 aromatic carbocycles. The maximum Gasteiger partial charge on any atom is 0.338 e. The standard InChI is InChI=1S/C20H20N4O2/c1-12-4-5-13(2)24(12)16-8-6-14(7-9-16)15-10-17(20(25)26)19(23-22-3)18(21)11-15/h4-11H,21H2,1-3H3,(H,25,26). The van der Waals surface area contributed by atoms with E-state index in [0.29, 0.717) is 0 Å². The molecule has 0 radical (unpaired) electrons. The number of nitrogen functional groups attached to an aromatic ring is 1. The molecular weight excluding hydrogens is 328 g/mol. The number of benzene rings is 2. The van der Waals surface area contributed by atoms with Crippen LogP contribution in [0.2, 0.25) is 0 Å². The molecule has 3 aromatic rings. The summed E-state index contributed by atoms with van der Waals surface area (Å²) < 4.78 is 2.16. The van der Waals surface area contributed by atoms with Gasteiger partial charge in [0.25, 0.3) is 0 Å². The number of aryl methyl sites for hydroxylation is 2. The van der Waals surface area contributed by atoms with Crippen molar-refractivity contribution in [3.8, 4) is 16.8 Å². The molecule has 0 bridgehead atoms. The second-order valence-corrected chi connectivity index (χ2v) is 6.07. The lowest BCUT2D eigenvalue weighted by Gasteiger charge is -2.12. The Morgan fingerprint density at radius 2 is 1.62 bits per heavy atom. The van der Waals surface area contributed by atoms with Gasteiger partial charge in [0, 0.05) is 24.1 Å². The normalized spacial score (nSPS) is 11.2. The fourth-order valence-corrected chi connectivity index (χ4v) is 3.08. The van der Waals surface area contributed by atoms with E-state index in [-0.39, 0.29) is 16.9 Å². The molecule has 3 rings (SSSR count). The van der Waals surface area contributed by atoms with Crippen molar-refractivity contribution in [3.05, 3.63) is 65.5 Å². The Balaban J connectivity index is 2.06. The van der Waals surface area contributed by atoms with E-state index < -0.39 is 5.97 Å².